The predicted octanol–water partition coefficient (Wildman–Crippen LogP) is 17.8. The van der Waals surface area contributed by atoms with Crippen molar-refractivity contribution in [3.05, 3.63) is 312 Å². The van der Waals surface area contributed by atoms with Gasteiger partial charge in [0.15, 0.2) is 24.8 Å². The Morgan fingerprint density at radius 1 is 0.238 bits per heavy atom. The van der Waals surface area contributed by atoms with Gasteiger partial charge in [-0.05, 0) is 147 Å². The van der Waals surface area contributed by atoms with E-state index in [2.05, 4.69) is 255 Å². The van der Waals surface area contributed by atoms with E-state index in [9.17, 15) is 0 Å². The molecule has 0 aliphatic rings. The summed E-state index contributed by atoms with van der Waals surface area (Å²) in [7, 11) is 8.25. The van der Waals surface area contributed by atoms with Crippen molar-refractivity contribution in [2.45, 2.75) is 55.2 Å². The predicted molar refractivity (Wildman–Crippen MR) is 352 cm³/mol. The van der Waals surface area contributed by atoms with Crippen LogP contribution in [0.3, 0.4) is 0 Å². The minimum atomic E-state index is -2.07. The van der Waals surface area contributed by atoms with Crippen LogP contribution in [0.4, 0.5) is 0 Å². The first-order chi connectivity index (χ1) is 43.0. The lowest BCUT2D eigenvalue weighted by atomic mass is 9.97. The summed E-state index contributed by atoms with van der Waals surface area (Å²) in [5, 5.41) is 0. The molecule has 0 saturated heterocycles. The van der Waals surface area contributed by atoms with Crippen LogP contribution >= 0.6 is 0 Å². The number of nitrogens with zero attached hydrogens (tertiary/aromatic N) is 4. The Labute approximate surface area is 509 Å². The monoisotopic (exact) mass is 1100 g/mol. The van der Waals surface area contributed by atoms with Crippen LogP contribution in [-0.4, -0.2) is 0 Å². The number of rotatable bonds is 8. The Balaban J connectivity index is 0.000000143. The summed E-state index contributed by atoms with van der Waals surface area (Å²) in [4.78, 5) is 0. The van der Waals surface area contributed by atoms with Crippen molar-refractivity contribution in [1.29, 1.82) is 0 Å². The number of aromatic nitrogens is 4. The molecule has 4 heteroatoms. The highest BCUT2D eigenvalue weighted by molar-refractivity contribution is 5.74. The summed E-state index contributed by atoms with van der Waals surface area (Å²) < 4.78 is 53.9. The summed E-state index contributed by atoms with van der Waals surface area (Å²) in [6, 6.07) is 82.5. The van der Waals surface area contributed by atoms with Gasteiger partial charge in [-0.2, -0.15) is 0 Å². The molecule has 84 heavy (non-hydrogen) atoms. The van der Waals surface area contributed by atoms with E-state index in [1.807, 2.05) is 76.5 Å². The van der Waals surface area contributed by atoms with E-state index in [0.29, 0.717) is 11.1 Å². The molecule has 0 radical (unpaired) electrons. The molecule has 0 bridgehead atoms. The summed E-state index contributed by atoms with van der Waals surface area (Å²) >= 11 is 0. The molecule has 0 saturated carbocycles. The fourth-order valence-electron chi connectivity index (χ4n) is 10.9. The molecule has 0 spiro atoms. The van der Waals surface area contributed by atoms with Crippen molar-refractivity contribution in [3.8, 4) is 89.5 Å². The SMILES string of the molecule is Cc1c[n+](C)c(-c2ccccc2C)cc1-c1ccccc1.Cc1ccccc1-c1cc(-c2ccccc2)cc[n+]1C.[2H]C([2H])([2H])c1ccc(-c2cc(C)c(-c3ccccc3)c[n+]2C)c(C)c1.[2H]C([2H])([2H])c1ccc(-c2ccc(-c3ccccc3)c[n+]2C)c(C)c1. The lowest BCUT2D eigenvalue weighted by Crippen LogP contribution is -2.31. The highest BCUT2D eigenvalue weighted by Gasteiger charge is 2.19. The van der Waals surface area contributed by atoms with E-state index in [1.54, 1.807) is 24.3 Å². The van der Waals surface area contributed by atoms with E-state index < -0.39 is 13.7 Å². The van der Waals surface area contributed by atoms with Gasteiger partial charge < -0.3 is 0 Å². The number of hydrogen-bond donors (Lipinski definition) is 0. The zero-order valence-corrected chi connectivity index (χ0v) is 50.2. The molecule has 0 aliphatic carbocycles. The average Bonchev–Trinajstić information content (AvgIpc) is 1.07. The average molecular weight is 1100 g/mol. The van der Waals surface area contributed by atoms with Crippen LogP contribution in [0, 0.1) is 55.2 Å². The minimum Gasteiger partial charge on any atom is -0.201 e. The molecule has 0 fully saturated rings. The second-order valence-electron chi connectivity index (χ2n) is 21.7. The van der Waals surface area contributed by atoms with Gasteiger partial charge >= 0.3 is 0 Å². The van der Waals surface area contributed by atoms with Crippen molar-refractivity contribution in [2.24, 2.45) is 28.2 Å². The van der Waals surface area contributed by atoms with Gasteiger partial charge in [0.05, 0.1) is 0 Å². The first-order valence-corrected chi connectivity index (χ1v) is 28.6. The molecular weight excluding hydrogens is 1020 g/mol. The summed E-state index contributed by atoms with van der Waals surface area (Å²) in [6.07, 6.45) is 8.58. The van der Waals surface area contributed by atoms with Gasteiger partial charge in [-0.15, -0.1) is 0 Å². The van der Waals surface area contributed by atoms with Crippen molar-refractivity contribution >= 4 is 0 Å². The normalized spacial score (nSPS) is 12.0. The maximum Gasteiger partial charge on any atom is 0.213 e. The number of hydrogen-bond acceptors (Lipinski definition) is 0. The topological polar surface area (TPSA) is 15.5 Å². The molecule has 416 valence electrons. The van der Waals surface area contributed by atoms with E-state index in [0.717, 1.165) is 39.2 Å². The molecule has 4 aromatic heterocycles. The second-order valence-corrected chi connectivity index (χ2v) is 21.7. The van der Waals surface area contributed by atoms with Gasteiger partial charge in [0.2, 0.25) is 22.8 Å². The Morgan fingerprint density at radius 3 is 1.14 bits per heavy atom. The van der Waals surface area contributed by atoms with E-state index >= 15 is 0 Å². The molecule has 0 atom stereocenters. The highest BCUT2D eigenvalue weighted by Crippen LogP contribution is 2.31. The van der Waals surface area contributed by atoms with E-state index in [1.165, 1.54) is 83.7 Å². The minimum absolute atomic E-state index is 0.382. The van der Waals surface area contributed by atoms with E-state index in [-0.39, 0.29) is 0 Å². The summed E-state index contributed by atoms with van der Waals surface area (Å²) in [5.41, 5.74) is 26.9. The lowest BCUT2D eigenvalue weighted by molar-refractivity contribution is -0.660. The molecule has 12 aromatic rings. The molecule has 4 heterocycles. The van der Waals surface area contributed by atoms with Crippen LogP contribution in [0.2, 0.25) is 0 Å². The molecule has 0 amide bonds. The molecule has 0 aliphatic heterocycles. The Hall–Kier alpha value is -9.64. The third kappa shape index (κ3) is 14.3. The van der Waals surface area contributed by atoms with Gasteiger partial charge in [0, 0.05) is 77.5 Å². The third-order valence-electron chi connectivity index (χ3n) is 15.5. The standard InChI is InChI=1S/C21H22N.2C20H20N.C19H18N/c1-15-10-11-19(16(2)12-15)21-13-17(3)20(14-22(21)4)18-8-6-5-7-9-18;1-15-9-7-8-12-18(15)20-13-19(16(2)14-21(20)3)17-10-5-4-6-11-17;1-15-9-11-19(16(2)13-15)20-12-10-18(14-21(20)3)17-7-5-4-6-8-17;1-15-8-6-7-11-18(15)19-14-17(12-13-20(19)2)16-9-4-3-5-10-16/h5-14H,1-4H3;2*4-14H,1-3H3;3-14H,1-2H3/q4*+1/i1D3;;1D3;. The van der Waals surface area contributed by atoms with Crippen LogP contribution < -0.4 is 18.3 Å². The van der Waals surface area contributed by atoms with Gasteiger partial charge in [-0.3, -0.25) is 0 Å². The van der Waals surface area contributed by atoms with Gasteiger partial charge in [0.1, 0.15) is 28.2 Å². The largest absolute Gasteiger partial charge is 0.213 e. The Kier molecular flexibility index (Phi) is 16.7. The van der Waals surface area contributed by atoms with Gasteiger partial charge in [0.25, 0.3) is 0 Å². The number of aryl methyl sites for hydroxylation is 12. The molecule has 8 aromatic carbocycles. The van der Waals surface area contributed by atoms with E-state index in [4.69, 9.17) is 8.22 Å². The quantitative estimate of drug-likeness (QED) is 0.135. The van der Waals surface area contributed by atoms with Crippen LogP contribution in [0.25, 0.3) is 89.5 Å². The first-order valence-electron chi connectivity index (χ1n) is 31.6. The molecule has 4 nitrogen and oxygen atoms in total. The van der Waals surface area contributed by atoms with Crippen LogP contribution in [0.1, 0.15) is 52.7 Å². The molecule has 12 rings (SSSR count). The highest BCUT2D eigenvalue weighted by atomic mass is 14.9. The zero-order chi connectivity index (χ0) is 64.3. The number of pyridine rings is 4. The zero-order valence-electron chi connectivity index (χ0n) is 56.2. The lowest BCUT2D eigenvalue weighted by Gasteiger charge is -2.10. The molecular formula is C80H80N4+4. The van der Waals surface area contributed by atoms with Gasteiger partial charge in [-0.25, -0.2) is 18.3 Å². The maximum atomic E-state index is 7.57. The Bertz CT molecular complexity index is 4430. The smallest absolute Gasteiger partial charge is 0.201 e. The molecule has 0 N–H and O–H groups in total. The fourth-order valence-corrected chi connectivity index (χ4v) is 10.9. The Morgan fingerprint density at radius 2 is 0.643 bits per heavy atom. The number of benzene rings is 8. The summed E-state index contributed by atoms with van der Waals surface area (Å²) in [5.74, 6) is 0. The first kappa shape index (κ1) is 51.3. The van der Waals surface area contributed by atoms with Crippen molar-refractivity contribution in [3.63, 3.8) is 0 Å². The van der Waals surface area contributed by atoms with Crippen LogP contribution in [-0.2, 0) is 28.2 Å². The maximum absolute atomic E-state index is 7.57. The molecule has 0 unspecified atom stereocenters. The van der Waals surface area contributed by atoms with Crippen molar-refractivity contribution in [1.82, 2.24) is 0 Å². The van der Waals surface area contributed by atoms with Crippen LogP contribution in [0.15, 0.2) is 267 Å². The van der Waals surface area contributed by atoms with Crippen molar-refractivity contribution in [2.75, 3.05) is 0 Å². The van der Waals surface area contributed by atoms with Gasteiger partial charge in [-0.1, -0.05) is 193 Å². The van der Waals surface area contributed by atoms with Crippen molar-refractivity contribution < 1.29 is 26.5 Å². The fraction of sp³-hybridized carbons (Fsp3) is 0.150. The second kappa shape index (κ2) is 27.4. The third-order valence-corrected chi connectivity index (χ3v) is 15.5. The van der Waals surface area contributed by atoms with Crippen LogP contribution in [0.5, 0.6) is 0 Å². The summed E-state index contributed by atoms with van der Waals surface area (Å²) in [6.45, 7) is 8.38.